The molecule has 1 aromatic heterocycles. The van der Waals surface area contributed by atoms with Crippen molar-refractivity contribution in [3.8, 4) is 0 Å². The van der Waals surface area contributed by atoms with Gasteiger partial charge in [0.2, 0.25) is 10.0 Å². The van der Waals surface area contributed by atoms with Crippen LogP contribution in [0.1, 0.15) is 12.8 Å². The summed E-state index contributed by atoms with van der Waals surface area (Å²) in [5.74, 6) is -1.16. The fourth-order valence-electron chi connectivity index (χ4n) is 2.63. The Bertz CT molecular complexity index is 916. The maximum absolute atomic E-state index is 12.8. The van der Waals surface area contributed by atoms with Crippen molar-refractivity contribution in [2.24, 2.45) is 0 Å². The summed E-state index contributed by atoms with van der Waals surface area (Å²) < 4.78 is 26.8. The van der Waals surface area contributed by atoms with Crippen LogP contribution in [0.5, 0.6) is 0 Å². The van der Waals surface area contributed by atoms with Gasteiger partial charge in [0.1, 0.15) is 6.04 Å². The second-order valence-electron chi connectivity index (χ2n) is 5.02. The number of H-pyrrole nitrogens is 2. The molecular weight excluding hydrogens is 378 g/mol. The van der Waals surface area contributed by atoms with Crippen LogP contribution in [0.3, 0.4) is 0 Å². The van der Waals surface area contributed by atoms with Crippen LogP contribution in [-0.2, 0) is 14.8 Å². The third kappa shape index (κ3) is 2.36. The zero-order valence-electron chi connectivity index (χ0n) is 11.2. The quantitative estimate of drug-likeness (QED) is 0.717. The molecule has 0 saturated carbocycles. The number of carbonyl (C=O) groups is 1. The molecule has 1 aliphatic rings. The topological polar surface area (TPSA) is 123 Å². The van der Waals surface area contributed by atoms with Crippen molar-refractivity contribution in [2.45, 2.75) is 23.8 Å². The molecule has 10 heteroatoms. The van der Waals surface area contributed by atoms with Gasteiger partial charge in [-0.1, -0.05) is 0 Å². The van der Waals surface area contributed by atoms with Gasteiger partial charge in [-0.2, -0.15) is 4.31 Å². The van der Waals surface area contributed by atoms with E-state index in [9.17, 15) is 18.0 Å². The number of aromatic amines is 2. The molecule has 3 rings (SSSR count). The van der Waals surface area contributed by atoms with Crippen LogP contribution in [0.25, 0.3) is 11.0 Å². The minimum atomic E-state index is -3.98. The van der Waals surface area contributed by atoms with Crippen molar-refractivity contribution in [3.63, 3.8) is 0 Å². The number of aliphatic carboxylic acids is 1. The lowest BCUT2D eigenvalue weighted by molar-refractivity contribution is -0.140. The number of benzene rings is 1. The van der Waals surface area contributed by atoms with Crippen LogP contribution in [0.4, 0.5) is 0 Å². The van der Waals surface area contributed by atoms with Crippen LogP contribution in [0.2, 0.25) is 0 Å². The van der Waals surface area contributed by atoms with Gasteiger partial charge in [0, 0.05) is 11.0 Å². The Labute approximate surface area is 133 Å². The lowest BCUT2D eigenvalue weighted by Crippen LogP contribution is -2.40. The number of fused-ring (bicyclic) bond motifs is 1. The molecule has 1 saturated heterocycles. The highest BCUT2D eigenvalue weighted by Gasteiger charge is 2.40. The predicted octanol–water partition coefficient (Wildman–Crippen LogP) is 0.856. The Hall–Kier alpha value is -1.65. The lowest BCUT2D eigenvalue weighted by atomic mass is 10.2. The highest BCUT2D eigenvalue weighted by molar-refractivity contribution is 9.10. The highest BCUT2D eigenvalue weighted by Crippen LogP contribution is 2.32. The number of halogens is 1. The number of aromatic nitrogens is 2. The van der Waals surface area contributed by atoms with E-state index in [1.165, 1.54) is 12.1 Å². The van der Waals surface area contributed by atoms with Crippen LogP contribution < -0.4 is 5.69 Å². The van der Waals surface area contributed by atoms with E-state index in [0.717, 1.165) is 4.31 Å². The van der Waals surface area contributed by atoms with Gasteiger partial charge >= 0.3 is 11.7 Å². The molecule has 118 valence electrons. The zero-order valence-corrected chi connectivity index (χ0v) is 13.6. The number of nitrogens with zero attached hydrogens (tertiary/aromatic N) is 1. The normalized spacial score (nSPS) is 19.8. The Morgan fingerprint density at radius 2 is 1.95 bits per heavy atom. The second kappa shape index (κ2) is 5.21. The van der Waals surface area contributed by atoms with Gasteiger partial charge < -0.3 is 15.1 Å². The van der Waals surface area contributed by atoms with Crippen molar-refractivity contribution in [2.75, 3.05) is 6.54 Å². The summed E-state index contributed by atoms with van der Waals surface area (Å²) in [6.07, 6.45) is 0.784. The third-order valence-corrected chi connectivity index (χ3v) is 6.51. The van der Waals surface area contributed by atoms with Crippen molar-refractivity contribution >= 4 is 43.0 Å². The first-order valence-corrected chi connectivity index (χ1v) is 8.70. The van der Waals surface area contributed by atoms with E-state index in [-0.39, 0.29) is 22.3 Å². The molecule has 2 aromatic rings. The molecule has 0 spiro atoms. The number of imidazole rings is 1. The highest BCUT2D eigenvalue weighted by atomic mass is 79.9. The fourth-order valence-corrected chi connectivity index (χ4v) is 5.32. The van der Waals surface area contributed by atoms with Crippen molar-refractivity contribution in [1.82, 2.24) is 14.3 Å². The maximum Gasteiger partial charge on any atom is 0.323 e. The summed E-state index contributed by atoms with van der Waals surface area (Å²) in [5.41, 5.74) is 0.367. The zero-order chi connectivity index (χ0) is 16.1. The molecule has 8 nitrogen and oxygen atoms in total. The summed E-state index contributed by atoms with van der Waals surface area (Å²) >= 11 is 3.18. The van der Waals surface area contributed by atoms with Gasteiger partial charge in [-0.25, -0.2) is 13.2 Å². The Balaban J connectivity index is 2.14. The lowest BCUT2D eigenvalue weighted by Gasteiger charge is -2.21. The number of nitrogens with one attached hydrogen (secondary N) is 2. The SMILES string of the molecule is O=C(O)[C@@H]1CCCN1S(=O)(=O)c1cc2[nH]c(=O)[nH]c2cc1Br. The number of carboxylic acid groups (broad SMARTS) is 1. The van der Waals surface area contributed by atoms with E-state index >= 15 is 0 Å². The molecule has 0 unspecified atom stereocenters. The Kier molecular flexibility index (Phi) is 3.62. The summed E-state index contributed by atoms with van der Waals surface area (Å²) in [7, 11) is -3.98. The number of hydrogen-bond acceptors (Lipinski definition) is 4. The summed E-state index contributed by atoms with van der Waals surface area (Å²) in [6.45, 7) is 0.160. The largest absolute Gasteiger partial charge is 0.480 e. The summed E-state index contributed by atoms with van der Waals surface area (Å²) in [6, 6.07) is 1.74. The van der Waals surface area contributed by atoms with Crippen molar-refractivity contribution in [1.29, 1.82) is 0 Å². The van der Waals surface area contributed by atoms with Gasteiger partial charge in [0.05, 0.1) is 15.9 Å². The van der Waals surface area contributed by atoms with Crippen LogP contribution in [-0.4, -0.2) is 46.4 Å². The summed E-state index contributed by atoms with van der Waals surface area (Å²) in [5, 5.41) is 9.17. The smallest absolute Gasteiger partial charge is 0.323 e. The van der Waals surface area contributed by atoms with Gasteiger partial charge in [-0.05, 0) is 40.9 Å². The number of hydrogen-bond donors (Lipinski definition) is 3. The first-order chi connectivity index (χ1) is 10.3. The predicted molar refractivity (Wildman–Crippen MR) is 81.2 cm³/mol. The molecule has 0 amide bonds. The monoisotopic (exact) mass is 389 g/mol. The van der Waals surface area contributed by atoms with Crippen LogP contribution in [0.15, 0.2) is 26.3 Å². The second-order valence-corrected chi connectivity index (χ2v) is 7.73. The molecule has 1 aromatic carbocycles. The minimum absolute atomic E-state index is 0.0663. The van der Waals surface area contributed by atoms with E-state index in [1.807, 2.05) is 0 Å². The average Bonchev–Trinajstić information content (AvgIpc) is 3.02. The number of rotatable bonds is 3. The molecule has 22 heavy (non-hydrogen) atoms. The summed E-state index contributed by atoms with van der Waals surface area (Å²) in [4.78, 5) is 27.5. The molecule has 2 heterocycles. The maximum atomic E-state index is 12.8. The van der Waals surface area contributed by atoms with Gasteiger partial charge in [0.25, 0.3) is 0 Å². The molecule has 3 N–H and O–H groups in total. The van der Waals surface area contributed by atoms with Crippen LogP contribution in [0, 0.1) is 0 Å². The van der Waals surface area contributed by atoms with E-state index in [0.29, 0.717) is 17.5 Å². The van der Waals surface area contributed by atoms with E-state index < -0.39 is 27.7 Å². The minimum Gasteiger partial charge on any atom is -0.480 e. The van der Waals surface area contributed by atoms with E-state index in [2.05, 4.69) is 25.9 Å². The van der Waals surface area contributed by atoms with Crippen molar-refractivity contribution < 1.29 is 18.3 Å². The van der Waals surface area contributed by atoms with E-state index in [1.54, 1.807) is 0 Å². The fraction of sp³-hybridized carbons (Fsp3) is 0.333. The Morgan fingerprint density at radius 1 is 1.32 bits per heavy atom. The Morgan fingerprint density at radius 3 is 2.59 bits per heavy atom. The first-order valence-electron chi connectivity index (χ1n) is 6.47. The molecular formula is C12H12BrN3O5S. The molecule has 0 bridgehead atoms. The van der Waals surface area contributed by atoms with Gasteiger partial charge in [-0.3, -0.25) is 4.79 Å². The first kappa shape index (κ1) is 15.3. The van der Waals surface area contributed by atoms with Gasteiger partial charge in [0.15, 0.2) is 0 Å². The molecule has 0 radical (unpaired) electrons. The molecule has 1 fully saturated rings. The molecule has 1 aliphatic heterocycles. The van der Waals surface area contributed by atoms with E-state index in [4.69, 9.17) is 5.11 Å². The van der Waals surface area contributed by atoms with Crippen molar-refractivity contribution in [3.05, 3.63) is 27.1 Å². The average molecular weight is 390 g/mol. The molecule has 1 atom stereocenters. The number of carboxylic acids is 1. The van der Waals surface area contributed by atoms with Crippen LogP contribution >= 0.6 is 15.9 Å². The third-order valence-electron chi connectivity index (χ3n) is 3.64. The van der Waals surface area contributed by atoms with Gasteiger partial charge in [-0.15, -0.1) is 0 Å². The molecule has 0 aliphatic carbocycles. The standard InChI is InChI=1S/C12H12BrN3O5S/c13-6-4-7-8(15-12(19)14-7)5-10(6)22(20,21)16-3-1-2-9(16)11(17)18/h4-5,9H,1-3H2,(H,17,18)(H2,14,15,19)/t9-/m0/s1. The number of sulfonamides is 1.